The molecule has 0 bridgehead atoms. The lowest BCUT2D eigenvalue weighted by molar-refractivity contribution is -0.123. The van der Waals surface area contributed by atoms with E-state index >= 15 is 0 Å². The molecule has 3 N–H and O–H groups in total. The van der Waals surface area contributed by atoms with Gasteiger partial charge in [0.05, 0.1) is 23.3 Å². The number of hydrogen-bond acceptors (Lipinski definition) is 4. The summed E-state index contributed by atoms with van der Waals surface area (Å²) >= 11 is 1.62. The van der Waals surface area contributed by atoms with Gasteiger partial charge in [0.15, 0.2) is 0 Å². The molecule has 1 heterocycles. The van der Waals surface area contributed by atoms with Crippen molar-refractivity contribution in [2.45, 2.75) is 39.8 Å². The van der Waals surface area contributed by atoms with Gasteiger partial charge < -0.3 is 11.1 Å². The Morgan fingerprint density at radius 3 is 2.81 bits per heavy atom. The zero-order chi connectivity index (χ0) is 12.1. The largest absolute Gasteiger partial charge is 0.349 e. The van der Waals surface area contributed by atoms with Gasteiger partial charge in [-0.25, -0.2) is 4.98 Å². The standard InChI is InChI=1S/C11H19N3OS/c1-4-9-14-8(6-16-9)5-13-11(15)10(12)7(2)3/h6-7,10H,4-5,12H2,1-3H3,(H,13,15)/t10-/m1/s1. The zero-order valence-electron chi connectivity index (χ0n) is 9.99. The quantitative estimate of drug-likeness (QED) is 0.816. The molecule has 1 aromatic rings. The van der Waals surface area contributed by atoms with E-state index in [1.165, 1.54) is 0 Å². The average molecular weight is 241 g/mol. The van der Waals surface area contributed by atoms with E-state index in [1.54, 1.807) is 11.3 Å². The molecule has 0 aliphatic rings. The molecule has 0 spiro atoms. The van der Waals surface area contributed by atoms with Crippen molar-refractivity contribution in [1.29, 1.82) is 0 Å². The van der Waals surface area contributed by atoms with Crippen LogP contribution in [0, 0.1) is 5.92 Å². The highest BCUT2D eigenvalue weighted by Crippen LogP contribution is 2.09. The third-order valence-corrected chi connectivity index (χ3v) is 3.41. The number of aromatic nitrogens is 1. The van der Waals surface area contributed by atoms with Crippen molar-refractivity contribution in [3.8, 4) is 0 Å². The Balaban J connectivity index is 2.42. The fourth-order valence-corrected chi connectivity index (χ4v) is 1.94. The van der Waals surface area contributed by atoms with Crippen molar-refractivity contribution in [2.75, 3.05) is 0 Å². The van der Waals surface area contributed by atoms with E-state index in [0.717, 1.165) is 17.1 Å². The summed E-state index contributed by atoms with van der Waals surface area (Å²) in [4.78, 5) is 15.9. The maximum absolute atomic E-state index is 11.6. The first kappa shape index (κ1) is 13.1. The lowest BCUT2D eigenvalue weighted by Crippen LogP contribution is -2.43. The molecule has 5 heteroatoms. The minimum atomic E-state index is -0.440. The maximum Gasteiger partial charge on any atom is 0.237 e. The van der Waals surface area contributed by atoms with Crippen LogP contribution in [0.25, 0.3) is 0 Å². The topological polar surface area (TPSA) is 68.0 Å². The maximum atomic E-state index is 11.6. The Kier molecular flexibility index (Phi) is 4.89. The van der Waals surface area contributed by atoms with Crippen LogP contribution in [-0.2, 0) is 17.8 Å². The van der Waals surface area contributed by atoms with Crippen molar-refractivity contribution >= 4 is 17.2 Å². The van der Waals surface area contributed by atoms with Gasteiger partial charge in [0.25, 0.3) is 0 Å². The number of hydrogen-bond donors (Lipinski definition) is 2. The molecule has 16 heavy (non-hydrogen) atoms. The van der Waals surface area contributed by atoms with Gasteiger partial charge in [0, 0.05) is 5.38 Å². The minimum absolute atomic E-state index is 0.110. The van der Waals surface area contributed by atoms with Crippen LogP contribution in [0.3, 0.4) is 0 Å². The molecule has 0 aliphatic carbocycles. The number of nitrogens with zero attached hydrogens (tertiary/aromatic N) is 1. The summed E-state index contributed by atoms with van der Waals surface area (Å²) in [6.45, 7) is 6.40. The van der Waals surface area contributed by atoms with Gasteiger partial charge in [0.2, 0.25) is 5.91 Å². The van der Waals surface area contributed by atoms with Crippen LogP contribution in [0.1, 0.15) is 31.5 Å². The van der Waals surface area contributed by atoms with Crippen molar-refractivity contribution in [1.82, 2.24) is 10.3 Å². The second-order valence-electron chi connectivity index (χ2n) is 4.07. The van der Waals surface area contributed by atoms with Crippen molar-refractivity contribution in [2.24, 2.45) is 11.7 Å². The number of aryl methyl sites for hydroxylation is 1. The molecule has 1 aromatic heterocycles. The van der Waals surface area contributed by atoms with Crippen LogP contribution in [0.4, 0.5) is 0 Å². The van der Waals surface area contributed by atoms with E-state index < -0.39 is 6.04 Å². The van der Waals surface area contributed by atoms with Crippen molar-refractivity contribution in [3.63, 3.8) is 0 Å². The number of thiazole rings is 1. The molecular weight excluding hydrogens is 222 g/mol. The summed E-state index contributed by atoms with van der Waals surface area (Å²) in [5.74, 6) is 0.0442. The first-order chi connectivity index (χ1) is 7.54. The fraction of sp³-hybridized carbons (Fsp3) is 0.636. The molecule has 0 unspecified atom stereocenters. The molecule has 0 saturated heterocycles. The van der Waals surface area contributed by atoms with Crippen molar-refractivity contribution in [3.05, 3.63) is 16.1 Å². The Hall–Kier alpha value is -0.940. The van der Waals surface area contributed by atoms with Crippen LogP contribution < -0.4 is 11.1 Å². The third kappa shape index (κ3) is 3.57. The highest BCUT2D eigenvalue weighted by molar-refractivity contribution is 7.09. The van der Waals surface area contributed by atoms with Gasteiger partial charge in [-0.3, -0.25) is 4.79 Å². The second kappa shape index (κ2) is 5.96. The van der Waals surface area contributed by atoms with Crippen molar-refractivity contribution < 1.29 is 4.79 Å². The van der Waals surface area contributed by atoms with Gasteiger partial charge in [-0.1, -0.05) is 20.8 Å². The van der Waals surface area contributed by atoms with E-state index in [-0.39, 0.29) is 11.8 Å². The van der Waals surface area contributed by atoms with E-state index in [2.05, 4.69) is 17.2 Å². The lowest BCUT2D eigenvalue weighted by atomic mass is 10.1. The van der Waals surface area contributed by atoms with Crippen LogP contribution in [-0.4, -0.2) is 16.9 Å². The summed E-state index contributed by atoms with van der Waals surface area (Å²) < 4.78 is 0. The van der Waals surface area contributed by atoms with Crippen LogP contribution in [0.15, 0.2) is 5.38 Å². The van der Waals surface area contributed by atoms with Crippen LogP contribution >= 0.6 is 11.3 Å². The molecule has 0 fully saturated rings. The number of nitrogens with two attached hydrogens (primary N) is 1. The number of amides is 1. The highest BCUT2D eigenvalue weighted by atomic mass is 32.1. The Bertz CT molecular complexity index is 349. The lowest BCUT2D eigenvalue weighted by Gasteiger charge is -2.14. The summed E-state index contributed by atoms with van der Waals surface area (Å²) in [6.07, 6.45) is 0.935. The number of carbonyl (C=O) groups excluding carboxylic acids is 1. The number of carbonyl (C=O) groups is 1. The summed E-state index contributed by atoms with van der Waals surface area (Å²) in [7, 11) is 0. The molecule has 0 aliphatic heterocycles. The highest BCUT2D eigenvalue weighted by Gasteiger charge is 2.16. The molecular formula is C11H19N3OS. The average Bonchev–Trinajstić information content (AvgIpc) is 2.72. The number of nitrogens with one attached hydrogen (secondary N) is 1. The SMILES string of the molecule is CCc1nc(CNC(=O)[C@H](N)C(C)C)cs1. The normalized spacial score (nSPS) is 12.8. The Morgan fingerprint density at radius 1 is 1.62 bits per heavy atom. The molecule has 0 radical (unpaired) electrons. The summed E-state index contributed by atoms with van der Waals surface area (Å²) in [5, 5.41) is 5.86. The molecule has 90 valence electrons. The Labute approximate surface area is 100 Å². The van der Waals surface area contributed by atoms with E-state index in [4.69, 9.17) is 5.73 Å². The predicted octanol–water partition coefficient (Wildman–Crippen LogP) is 1.30. The van der Waals surface area contributed by atoms with E-state index in [1.807, 2.05) is 19.2 Å². The fourth-order valence-electron chi connectivity index (χ4n) is 1.19. The van der Waals surface area contributed by atoms with Gasteiger partial charge in [-0.05, 0) is 12.3 Å². The van der Waals surface area contributed by atoms with Crippen LogP contribution in [0.5, 0.6) is 0 Å². The van der Waals surface area contributed by atoms with Gasteiger partial charge in [-0.15, -0.1) is 11.3 Å². The molecule has 1 rings (SSSR count). The first-order valence-electron chi connectivity index (χ1n) is 5.51. The minimum Gasteiger partial charge on any atom is -0.349 e. The third-order valence-electron chi connectivity index (χ3n) is 2.37. The van der Waals surface area contributed by atoms with Gasteiger partial charge >= 0.3 is 0 Å². The van der Waals surface area contributed by atoms with Gasteiger partial charge in [-0.2, -0.15) is 0 Å². The zero-order valence-corrected chi connectivity index (χ0v) is 10.8. The molecule has 1 amide bonds. The van der Waals surface area contributed by atoms with Gasteiger partial charge in [0.1, 0.15) is 0 Å². The summed E-state index contributed by atoms with van der Waals surface area (Å²) in [5.41, 5.74) is 6.63. The smallest absolute Gasteiger partial charge is 0.237 e. The van der Waals surface area contributed by atoms with E-state index in [0.29, 0.717) is 6.54 Å². The Morgan fingerprint density at radius 2 is 2.31 bits per heavy atom. The second-order valence-corrected chi connectivity index (χ2v) is 5.02. The monoisotopic (exact) mass is 241 g/mol. The molecule has 0 saturated carbocycles. The van der Waals surface area contributed by atoms with Crippen LogP contribution in [0.2, 0.25) is 0 Å². The summed E-state index contributed by atoms with van der Waals surface area (Å²) in [6, 6.07) is -0.440. The molecule has 1 atom stereocenters. The predicted molar refractivity (Wildman–Crippen MR) is 66.2 cm³/mol. The van der Waals surface area contributed by atoms with E-state index in [9.17, 15) is 4.79 Å². The first-order valence-corrected chi connectivity index (χ1v) is 6.39. The number of rotatable bonds is 5. The molecule has 0 aromatic carbocycles. The molecule has 4 nitrogen and oxygen atoms in total.